The third kappa shape index (κ3) is 5.23. The first-order valence-electron chi connectivity index (χ1n) is 8.99. The summed E-state index contributed by atoms with van der Waals surface area (Å²) in [6, 6.07) is 6.92. The Kier molecular flexibility index (Phi) is 6.53. The molecule has 1 fully saturated rings. The highest BCUT2D eigenvalue weighted by molar-refractivity contribution is 7.89. The van der Waals surface area contributed by atoms with Crippen LogP contribution in [-0.2, 0) is 10.0 Å². The molecule has 150 valence electrons. The Bertz CT molecular complexity index is 885. The molecule has 2 aromatic rings. The number of piperazine rings is 1. The van der Waals surface area contributed by atoms with E-state index in [9.17, 15) is 17.6 Å². The molecule has 1 aromatic carbocycles. The summed E-state index contributed by atoms with van der Waals surface area (Å²) in [6.07, 6.45) is 3.62. The van der Waals surface area contributed by atoms with E-state index in [1.54, 1.807) is 18.5 Å². The minimum Gasteiger partial charge on any atom is -0.352 e. The first kappa shape index (κ1) is 20.2. The van der Waals surface area contributed by atoms with Crippen molar-refractivity contribution in [1.29, 1.82) is 0 Å². The molecule has 1 aliphatic heterocycles. The number of rotatable bonds is 7. The van der Waals surface area contributed by atoms with Crippen LogP contribution in [0.4, 0.5) is 10.3 Å². The monoisotopic (exact) mass is 407 g/mol. The van der Waals surface area contributed by atoms with Crippen LogP contribution < -0.4 is 10.2 Å². The van der Waals surface area contributed by atoms with Gasteiger partial charge in [-0.05, 0) is 36.8 Å². The second-order valence-corrected chi connectivity index (χ2v) is 8.46. The lowest BCUT2D eigenvalue weighted by Gasteiger charge is -2.33. The summed E-state index contributed by atoms with van der Waals surface area (Å²) >= 11 is 0. The van der Waals surface area contributed by atoms with Gasteiger partial charge >= 0.3 is 0 Å². The molecule has 3 rings (SSSR count). The molecule has 0 bridgehead atoms. The summed E-state index contributed by atoms with van der Waals surface area (Å²) in [7, 11) is -3.39. The van der Waals surface area contributed by atoms with Crippen molar-refractivity contribution < 1.29 is 17.6 Å². The Morgan fingerprint density at radius 3 is 2.36 bits per heavy atom. The molecule has 1 saturated heterocycles. The van der Waals surface area contributed by atoms with Gasteiger partial charge in [0.15, 0.2) is 0 Å². The van der Waals surface area contributed by atoms with Crippen LogP contribution >= 0.6 is 0 Å². The molecule has 28 heavy (non-hydrogen) atoms. The number of sulfonamides is 1. The number of anilines is 1. The summed E-state index contributed by atoms with van der Waals surface area (Å²) < 4.78 is 39.3. The summed E-state index contributed by atoms with van der Waals surface area (Å²) in [5.74, 6) is -0.211. The van der Waals surface area contributed by atoms with Crippen molar-refractivity contribution in [2.45, 2.75) is 6.42 Å². The van der Waals surface area contributed by atoms with Crippen LogP contribution in [0.2, 0.25) is 0 Å². The third-order valence-electron chi connectivity index (χ3n) is 4.44. The van der Waals surface area contributed by atoms with Crippen LogP contribution in [0.5, 0.6) is 0 Å². The van der Waals surface area contributed by atoms with E-state index in [1.165, 1.54) is 28.6 Å². The number of carbonyl (C=O) groups is 1. The molecular formula is C18H22FN5O3S. The third-order valence-corrected chi connectivity index (χ3v) is 6.39. The largest absolute Gasteiger partial charge is 0.352 e. The van der Waals surface area contributed by atoms with Crippen LogP contribution in [0.3, 0.4) is 0 Å². The van der Waals surface area contributed by atoms with E-state index in [4.69, 9.17) is 0 Å². The number of carbonyl (C=O) groups excluding carboxylic acids is 1. The Balaban J connectivity index is 1.42. The zero-order chi connectivity index (χ0) is 20.0. The van der Waals surface area contributed by atoms with Crippen LogP contribution in [-0.4, -0.2) is 67.1 Å². The van der Waals surface area contributed by atoms with Gasteiger partial charge in [0.05, 0.1) is 5.75 Å². The highest BCUT2D eigenvalue weighted by Gasteiger charge is 2.27. The molecule has 1 amide bonds. The van der Waals surface area contributed by atoms with E-state index < -0.39 is 15.8 Å². The molecule has 0 unspecified atom stereocenters. The first-order chi connectivity index (χ1) is 13.5. The molecule has 1 aliphatic rings. The molecule has 8 nitrogen and oxygen atoms in total. The molecule has 1 N–H and O–H groups in total. The molecule has 0 spiro atoms. The van der Waals surface area contributed by atoms with Crippen molar-refractivity contribution in [2.24, 2.45) is 0 Å². The lowest BCUT2D eigenvalue weighted by Crippen LogP contribution is -2.49. The fourth-order valence-electron chi connectivity index (χ4n) is 2.91. The van der Waals surface area contributed by atoms with E-state index in [2.05, 4.69) is 15.3 Å². The number of nitrogens with zero attached hydrogens (tertiary/aromatic N) is 4. The first-order valence-corrected chi connectivity index (χ1v) is 10.6. The number of aromatic nitrogens is 2. The van der Waals surface area contributed by atoms with Crippen LogP contribution in [0.1, 0.15) is 16.8 Å². The van der Waals surface area contributed by atoms with Crippen molar-refractivity contribution in [1.82, 2.24) is 19.6 Å². The van der Waals surface area contributed by atoms with Crippen LogP contribution in [0.25, 0.3) is 0 Å². The smallest absolute Gasteiger partial charge is 0.251 e. The zero-order valence-corrected chi connectivity index (χ0v) is 16.1. The fraction of sp³-hybridized carbons (Fsp3) is 0.389. The minimum absolute atomic E-state index is 0.0431. The number of benzene rings is 1. The van der Waals surface area contributed by atoms with Crippen molar-refractivity contribution in [3.8, 4) is 0 Å². The normalized spacial score (nSPS) is 15.4. The summed E-state index contributed by atoms with van der Waals surface area (Å²) in [5.41, 5.74) is 0.337. The van der Waals surface area contributed by atoms with E-state index in [0.717, 1.165) is 0 Å². The summed E-state index contributed by atoms with van der Waals surface area (Å²) in [4.78, 5) is 22.3. The molecule has 0 radical (unpaired) electrons. The quantitative estimate of drug-likeness (QED) is 0.685. The van der Waals surface area contributed by atoms with E-state index in [0.29, 0.717) is 44.1 Å². The van der Waals surface area contributed by atoms with Crippen molar-refractivity contribution in [3.05, 3.63) is 54.1 Å². The lowest BCUT2D eigenvalue weighted by atomic mass is 10.2. The van der Waals surface area contributed by atoms with Crippen LogP contribution in [0.15, 0.2) is 42.7 Å². The van der Waals surface area contributed by atoms with Crippen molar-refractivity contribution in [2.75, 3.05) is 43.4 Å². The number of hydrogen-bond acceptors (Lipinski definition) is 6. The summed E-state index contributed by atoms with van der Waals surface area (Å²) in [6.45, 7) is 2.05. The van der Waals surface area contributed by atoms with E-state index in [-0.39, 0.29) is 18.2 Å². The molecule has 10 heteroatoms. The average molecular weight is 407 g/mol. The predicted molar refractivity (Wildman–Crippen MR) is 103 cm³/mol. The molecule has 0 saturated carbocycles. The van der Waals surface area contributed by atoms with Gasteiger partial charge in [-0.1, -0.05) is 0 Å². The Morgan fingerprint density at radius 2 is 1.71 bits per heavy atom. The second-order valence-electron chi connectivity index (χ2n) is 6.37. The fourth-order valence-corrected chi connectivity index (χ4v) is 4.40. The lowest BCUT2D eigenvalue weighted by molar-refractivity contribution is 0.0953. The van der Waals surface area contributed by atoms with Gasteiger partial charge in [0, 0.05) is 50.7 Å². The number of halogens is 1. The topological polar surface area (TPSA) is 95.5 Å². The predicted octanol–water partition coefficient (Wildman–Crippen LogP) is 0.888. The maximum atomic E-state index is 12.9. The minimum atomic E-state index is -3.39. The molecule has 1 aromatic heterocycles. The van der Waals surface area contributed by atoms with Crippen molar-refractivity contribution in [3.63, 3.8) is 0 Å². The molecule has 2 heterocycles. The number of hydrogen-bond donors (Lipinski definition) is 1. The Morgan fingerprint density at radius 1 is 1.07 bits per heavy atom. The average Bonchev–Trinajstić information content (AvgIpc) is 2.72. The standard InChI is InChI=1S/C18H22FN5O3S/c19-16-5-3-15(4-6-16)17(25)20-9-2-14-28(26,27)24-12-10-23(11-13-24)18-21-7-1-8-22-18/h1,3-8H,2,9-14H2,(H,20,25). The van der Waals surface area contributed by atoms with Gasteiger partial charge in [0.2, 0.25) is 16.0 Å². The number of nitrogens with one attached hydrogen (secondary N) is 1. The Hall–Kier alpha value is -2.59. The maximum Gasteiger partial charge on any atom is 0.251 e. The van der Waals surface area contributed by atoms with Gasteiger partial charge < -0.3 is 10.2 Å². The Labute approximate surface area is 163 Å². The van der Waals surface area contributed by atoms with Gasteiger partial charge in [0.25, 0.3) is 5.91 Å². The SMILES string of the molecule is O=C(NCCCS(=O)(=O)N1CCN(c2ncccn2)CC1)c1ccc(F)cc1. The van der Waals surface area contributed by atoms with E-state index >= 15 is 0 Å². The van der Waals surface area contributed by atoms with E-state index in [1.807, 2.05) is 4.90 Å². The highest BCUT2D eigenvalue weighted by atomic mass is 32.2. The van der Waals surface area contributed by atoms with Crippen molar-refractivity contribution >= 4 is 21.9 Å². The highest BCUT2D eigenvalue weighted by Crippen LogP contribution is 2.13. The number of amides is 1. The maximum absolute atomic E-state index is 12.9. The van der Waals surface area contributed by atoms with Gasteiger partial charge in [-0.2, -0.15) is 4.31 Å². The van der Waals surface area contributed by atoms with Gasteiger partial charge in [-0.15, -0.1) is 0 Å². The van der Waals surface area contributed by atoms with Crippen LogP contribution in [0, 0.1) is 5.82 Å². The second kappa shape index (κ2) is 9.07. The molecular weight excluding hydrogens is 385 g/mol. The van der Waals surface area contributed by atoms with Gasteiger partial charge in [-0.25, -0.2) is 22.8 Å². The van der Waals surface area contributed by atoms with Gasteiger partial charge in [-0.3, -0.25) is 4.79 Å². The zero-order valence-electron chi connectivity index (χ0n) is 15.3. The molecule has 0 aliphatic carbocycles. The van der Waals surface area contributed by atoms with Gasteiger partial charge in [0.1, 0.15) is 5.82 Å². The summed E-state index contributed by atoms with van der Waals surface area (Å²) in [5, 5.41) is 2.65. The molecule has 0 atom stereocenters.